The third-order valence-electron chi connectivity index (χ3n) is 3.14. The largest absolute Gasteiger partial charge is 0.507 e. The van der Waals surface area contributed by atoms with Crippen molar-refractivity contribution < 1.29 is 19.4 Å². The van der Waals surface area contributed by atoms with Gasteiger partial charge in [-0.25, -0.2) is 4.39 Å². The normalized spacial score (nSPS) is 11.6. The highest BCUT2D eigenvalue weighted by atomic mass is 35.5. The Labute approximate surface area is 129 Å². The molecule has 0 radical (unpaired) electrons. The molecular formula is C16H20ClFO3. The number of aromatic hydroxyl groups is 1. The number of halogens is 2. The summed E-state index contributed by atoms with van der Waals surface area (Å²) in [4.78, 5) is 10.3. The van der Waals surface area contributed by atoms with Crippen molar-refractivity contribution in [2.24, 2.45) is 0 Å². The quantitative estimate of drug-likeness (QED) is 0.618. The Kier molecular flexibility index (Phi) is 7.83. The summed E-state index contributed by atoms with van der Waals surface area (Å²) >= 11 is 5.69. The van der Waals surface area contributed by atoms with Crippen LogP contribution in [-0.2, 0) is 4.79 Å². The van der Waals surface area contributed by atoms with Crippen LogP contribution in [0.5, 0.6) is 5.75 Å². The molecule has 0 aliphatic carbocycles. The number of benzene rings is 1. The van der Waals surface area contributed by atoms with E-state index in [0.717, 1.165) is 25.7 Å². The SMILES string of the molecule is O=C(O)CCCCCCC/C=C(/F)c1ccc(Cl)cc1O. The van der Waals surface area contributed by atoms with Crippen molar-refractivity contribution in [2.45, 2.75) is 44.9 Å². The van der Waals surface area contributed by atoms with E-state index in [1.165, 1.54) is 24.3 Å². The van der Waals surface area contributed by atoms with Gasteiger partial charge in [0, 0.05) is 11.4 Å². The standard InChI is InChI=1S/C16H20ClFO3/c17-12-9-10-13(15(19)11-12)14(18)7-5-3-1-2-4-6-8-16(20)21/h7,9-11,19H,1-6,8H2,(H,20,21)/b14-7+. The van der Waals surface area contributed by atoms with Crippen LogP contribution in [0, 0.1) is 0 Å². The monoisotopic (exact) mass is 314 g/mol. The number of carboxylic acid groups (broad SMARTS) is 1. The van der Waals surface area contributed by atoms with Gasteiger partial charge in [0.1, 0.15) is 11.6 Å². The summed E-state index contributed by atoms with van der Waals surface area (Å²) in [6.45, 7) is 0. The van der Waals surface area contributed by atoms with Gasteiger partial charge in [0.15, 0.2) is 0 Å². The third-order valence-corrected chi connectivity index (χ3v) is 3.37. The molecule has 1 rings (SSSR count). The Morgan fingerprint density at radius 2 is 1.86 bits per heavy atom. The van der Waals surface area contributed by atoms with Crippen LogP contribution in [0.1, 0.15) is 50.5 Å². The van der Waals surface area contributed by atoms with Gasteiger partial charge in [-0.15, -0.1) is 0 Å². The lowest BCUT2D eigenvalue weighted by molar-refractivity contribution is -0.137. The first-order valence-electron chi connectivity index (χ1n) is 7.07. The molecule has 0 aliphatic rings. The minimum Gasteiger partial charge on any atom is -0.507 e. The second-order valence-electron chi connectivity index (χ2n) is 4.91. The van der Waals surface area contributed by atoms with E-state index in [1.54, 1.807) is 0 Å². The maximum absolute atomic E-state index is 13.8. The van der Waals surface area contributed by atoms with E-state index in [4.69, 9.17) is 16.7 Å². The van der Waals surface area contributed by atoms with Crippen LogP contribution in [-0.4, -0.2) is 16.2 Å². The minimum absolute atomic E-state index is 0.154. The number of aliphatic carboxylic acids is 1. The Morgan fingerprint density at radius 1 is 1.19 bits per heavy atom. The van der Waals surface area contributed by atoms with Gasteiger partial charge in [-0.05, 0) is 43.5 Å². The van der Waals surface area contributed by atoms with Crippen LogP contribution < -0.4 is 0 Å². The Balaban J connectivity index is 2.25. The molecule has 0 heterocycles. The zero-order chi connectivity index (χ0) is 15.7. The average Bonchev–Trinajstić information content (AvgIpc) is 2.41. The third kappa shape index (κ3) is 7.14. The Bertz CT molecular complexity index is 500. The van der Waals surface area contributed by atoms with Crippen molar-refractivity contribution >= 4 is 23.4 Å². The van der Waals surface area contributed by atoms with Crippen molar-refractivity contribution in [3.63, 3.8) is 0 Å². The summed E-state index contributed by atoms with van der Waals surface area (Å²) in [6.07, 6.45) is 6.58. The number of allylic oxidation sites excluding steroid dienone is 1. The van der Waals surface area contributed by atoms with Gasteiger partial charge in [0.05, 0.1) is 5.56 Å². The predicted octanol–water partition coefficient (Wildman–Crippen LogP) is 5.17. The van der Waals surface area contributed by atoms with Gasteiger partial charge in [0.25, 0.3) is 0 Å². The van der Waals surface area contributed by atoms with Gasteiger partial charge in [0.2, 0.25) is 0 Å². The van der Waals surface area contributed by atoms with Gasteiger partial charge < -0.3 is 10.2 Å². The van der Waals surface area contributed by atoms with Crippen molar-refractivity contribution in [2.75, 3.05) is 0 Å². The van der Waals surface area contributed by atoms with Crippen LogP contribution in [0.4, 0.5) is 4.39 Å². The number of hydrogen-bond donors (Lipinski definition) is 2. The molecule has 0 saturated carbocycles. The maximum Gasteiger partial charge on any atom is 0.303 e. The van der Waals surface area contributed by atoms with Gasteiger partial charge in [-0.1, -0.05) is 30.9 Å². The second-order valence-corrected chi connectivity index (χ2v) is 5.35. The second kappa shape index (κ2) is 9.40. The molecule has 0 atom stereocenters. The van der Waals surface area contributed by atoms with Crippen molar-refractivity contribution in [3.8, 4) is 5.75 Å². The summed E-state index contributed by atoms with van der Waals surface area (Å²) in [5, 5.41) is 18.4. The maximum atomic E-state index is 13.8. The molecule has 21 heavy (non-hydrogen) atoms. The fourth-order valence-electron chi connectivity index (χ4n) is 2.00. The number of unbranched alkanes of at least 4 members (excludes halogenated alkanes) is 5. The van der Waals surface area contributed by atoms with Gasteiger partial charge >= 0.3 is 5.97 Å². The summed E-state index contributed by atoms with van der Waals surface area (Å²) in [6, 6.07) is 4.30. The molecule has 0 fully saturated rings. The van der Waals surface area contributed by atoms with Crippen LogP contribution in [0.15, 0.2) is 24.3 Å². The van der Waals surface area contributed by atoms with E-state index >= 15 is 0 Å². The van der Waals surface area contributed by atoms with Gasteiger partial charge in [-0.3, -0.25) is 4.79 Å². The molecule has 0 aromatic heterocycles. The molecule has 116 valence electrons. The minimum atomic E-state index is -0.761. The molecule has 0 amide bonds. The van der Waals surface area contributed by atoms with E-state index < -0.39 is 11.8 Å². The van der Waals surface area contributed by atoms with E-state index in [2.05, 4.69) is 0 Å². The molecular weight excluding hydrogens is 295 g/mol. The molecule has 5 heteroatoms. The number of carbonyl (C=O) groups is 1. The zero-order valence-corrected chi connectivity index (χ0v) is 12.6. The lowest BCUT2D eigenvalue weighted by atomic mass is 10.1. The molecule has 1 aromatic carbocycles. The van der Waals surface area contributed by atoms with Crippen molar-refractivity contribution in [3.05, 3.63) is 34.9 Å². The Morgan fingerprint density at radius 3 is 2.52 bits per heavy atom. The topological polar surface area (TPSA) is 57.5 Å². The van der Waals surface area contributed by atoms with Crippen LogP contribution >= 0.6 is 11.6 Å². The number of rotatable bonds is 9. The average molecular weight is 315 g/mol. The number of phenolic OH excluding ortho intramolecular Hbond substituents is 1. The lowest BCUT2D eigenvalue weighted by Gasteiger charge is -2.03. The highest BCUT2D eigenvalue weighted by Gasteiger charge is 2.06. The highest BCUT2D eigenvalue weighted by Crippen LogP contribution is 2.29. The first-order valence-corrected chi connectivity index (χ1v) is 7.45. The first-order chi connectivity index (χ1) is 10.0. The van der Waals surface area contributed by atoms with Crippen LogP contribution in [0.25, 0.3) is 5.83 Å². The number of phenols is 1. The zero-order valence-electron chi connectivity index (χ0n) is 11.8. The molecule has 0 unspecified atom stereocenters. The van der Waals surface area contributed by atoms with Gasteiger partial charge in [-0.2, -0.15) is 0 Å². The predicted molar refractivity (Wildman–Crippen MR) is 82.2 cm³/mol. The lowest BCUT2D eigenvalue weighted by Crippen LogP contribution is -1.93. The fraction of sp³-hybridized carbons (Fsp3) is 0.438. The van der Waals surface area contributed by atoms with E-state index in [-0.39, 0.29) is 17.7 Å². The van der Waals surface area contributed by atoms with E-state index in [1.807, 2.05) is 0 Å². The Hall–Kier alpha value is -1.55. The van der Waals surface area contributed by atoms with E-state index in [9.17, 15) is 14.3 Å². The molecule has 0 saturated heterocycles. The van der Waals surface area contributed by atoms with Crippen molar-refractivity contribution in [1.82, 2.24) is 0 Å². The molecule has 0 bridgehead atoms. The molecule has 1 aromatic rings. The fourth-order valence-corrected chi connectivity index (χ4v) is 2.16. The summed E-state index contributed by atoms with van der Waals surface area (Å²) < 4.78 is 13.8. The highest BCUT2D eigenvalue weighted by molar-refractivity contribution is 6.30. The molecule has 2 N–H and O–H groups in total. The number of hydrogen-bond acceptors (Lipinski definition) is 2. The van der Waals surface area contributed by atoms with Crippen molar-refractivity contribution in [1.29, 1.82) is 0 Å². The van der Waals surface area contributed by atoms with Crippen LogP contribution in [0.3, 0.4) is 0 Å². The molecule has 3 nitrogen and oxygen atoms in total. The smallest absolute Gasteiger partial charge is 0.303 e. The van der Waals surface area contributed by atoms with Crippen LogP contribution in [0.2, 0.25) is 5.02 Å². The number of carboxylic acids is 1. The first kappa shape index (κ1) is 17.5. The molecule has 0 spiro atoms. The summed E-state index contributed by atoms with van der Waals surface area (Å²) in [5.41, 5.74) is 0.154. The summed E-state index contributed by atoms with van der Waals surface area (Å²) in [5.74, 6) is -1.37. The molecule has 0 aliphatic heterocycles. The van der Waals surface area contributed by atoms with E-state index in [0.29, 0.717) is 17.9 Å². The summed E-state index contributed by atoms with van der Waals surface area (Å²) in [7, 11) is 0.